The first-order valence-corrected chi connectivity index (χ1v) is 7.83. The molecule has 5 nitrogen and oxygen atoms in total. The molecule has 0 radical (unpaired) electrons. The zero-order chi connectivity index (χ0) is 16.6. The molecule has 2 aromatic rings. The second-order valence-corrected chi connectivity index (χ2v) is 7.03. The van der Waals surface area contributed by atoms with Crippen LogP contribution in [0.15, 0.2) is 41.1 Å². The SMILES string of the molecule is CC1=CC(=NNC(=O)c2nc3ccccn3c2C)CC(C)(C)C1. The molecule has 1 aliphatic carbocycles. The number of pyridine rings is 1. The standard InChI is InChI=1S/C18H22N4O/c1-12-9-14(11-18(3,4)10-12)20-21-17(23)16-13(2)22-8-6-5-7-15(22)19-16/h5-9H,10-11H2,1-4H3,(H,21,23). The summed E-state index contributed by atoms with van der Waals surface area (Å²) < 4.78 is 1.90. The number of allylic oxidation sites excluding steroid dienone is 2. The van der Waals surface area contributed by atoms with Crippen molar-refractivity contribution < 1.29 is 4.79 Å². The molecular weight excluding hydrogens is 288 g/mol. The molecule has 0 unspecified atom stereocenters. The number of hydrogen-bond donors (Lipinski definition) is 1. The molecule has 3 rings (SSSR count). The molecule has 0 saturated carbocycles. The summed E-state index contributed by atoms with van der Waals surface area (Å²) in [5.41, 5.74) is 7.03. The monoisotopic (exact) mass is 310 g/mol. The number of aryl methyl sites for hydroxylation is 1. The Morgan fingerprint density at radius 3 is 2.78 bits per heavy atom. The van der Waals surface area contributed by atoms with E-state index in [1.54, 1.807) is 0 Å². The summed E-state index contributed by atoms with van der Waals surface area (Å²) in [6.07, 6.45) is 5.87. The highest BCUT2D eigenvalue weighted by molar-refractivity contribution is 5.99. The van der Waals surface area contributed by atoms with Gasteiger partial charge in [-0.1, -0.05) is 25.5 Å². The van der Waals surface area contributed by atoms with Crippen molar-refractivity contribution in [2.24, 2.45) is 10.5 Å². The fourth-order valence-corrected chi connectivity index (χ4v) is 3.27. The molecule has 0 spiro atoms. The van der Waals surface area contributed by atoms with E-state index in [4.69, 9.17) is 0 Å². The van der Waals surface area contributed by atoms with Crippen molar-refractivity contribution in [1.82, 2.24) is 14.8 Å². The second-order valence-electron chi connectivity index (χ2n) is 7.03. The van der Waals surface area contributed by atoms with E-state index in [-0.39, 0.29) is 11.3 Å². The first-order chi connectivity index (χ1) is 10.9. The average molecular weight is 310 g/mol. The third kappa shape index (κ3) is 3.18. The summed E-state index contributed by atoms with van der Waals surface area (Å²) in [4.78, 5) is 16.8. The number of carbonyl (C=O) groups excluding carboxylic acids is 1. The fourth-order valence-electron chi connectivity index (χ4n) is 3.27. The van der Waals surface area contributed by atoms with Gasteiger partial charge in [0.2, 0.25) is 0 Å². The van der Waals surface area contributed by atoms with Crippen LogP contribution in [0.2, 0.25) is 0 Å². The van der Waals surface area contributed by atoms with Gasteiger partial charge in [0, 0.05) is 6.20 Å². The maximum Gasteiger partial charge on any atom is 0.291 e. The Morgan fingerprint density at radius 1 is 1.30 bits per heavy atom. The Kier molecular flexibility index (Phi) is 3.80. The second kappa shape index (κ2) is 5.65. The summed E-state index contributed by atoms with van der Waals surface area (Å²) in [5.74, 6) is -0.270. The quantitative estimate of drug-likeness (QED) is 0.863. The van der Waals surface area contributed by atoms with Gasteiger partial charge in [-0.05, 0) is 50.3 Å². The van der Waals surface area contributed by atoms with E-state index in [0.717, 1.165) is 29.9 Å². The maximum absolute atomic E-state index is 12.4. The van der Waals surface area contributed by atoms with Crippen molar-refractivity contribution in [3.8, 4) is 0 Å². The van der Waals surface area contributed by atoms with E-state index in [1.807, 2.05) is 35.7 Å². The van der Waals surface area contributed by atoms with Crippen LogP contribution in [0.5, 0.6) is 0 Å². The van der Waals surface area contributed by atoms with Crippen LogP contribution in [0.25, 0.3) is 5.65 Å². The molecule has 2 heterocycles. The van der Waals surface area contributed by atoms with E-state index in [1.165, 1.54) is 5.57 Å². The minimum Gasteiger partial charge on any atom is -0.304 e. The third-order valence-corrected chi connectivity index (χ3v) is 4.11. The largest absolute Gasteiger partial charge is 0.304 e. The van der Waals surface area contributed by atoms with Crippen LogP contribution in [-0.2, 0) is 0 Å². The highest BCUT2D eigenvalue weighted by Crippen LogP contribution is 2.33. The molecule has 23 heavy (non-hydrogen) atoms. The van der Waals surface area contributed by atoms with Gasteiger partial charge in [0.05, 0.1) is 11.4 Å². The van der Waals surface area contributed by atoms with Crippen molar-refractivity contribution in [3.05, 3.63) is 47.4 Å². The summed E-state index contributed by atoms with van der Waals surface area (Å²) in [7, 11) is 0. The molecule has 1 aliphatic rings. The van der Waals surface area contributed by atoms with Gasteiger partial charge in [0.15, 0.2) is 5.69 Å². The lowest BCUT2D eigenvalue weighted by Crippen LogP contribution is -2.25. The Bertz CT molecular complexity index is 827. The van der Waals surface area contributed by atoms with Crippen LogP contribution in [0, 0.1) is 12.3 Å². The lowest BCUT2D eigenvalue weighted by molar-refractivity contribution is 0.0949. The van der Waals surface area contributed by atoms with Gasteiger partial charge in [-0.2, -0.15) is 5.10 Å². The molecule has 0 atom stereocenters. The zero-order valence-electron chi connectivity index (χ0n) is 14.1. The lowest BCUT2D eigenvalue weighted by atomic mass is 9.77. The number of nitrogens with zero attached hydrogens (tertiary/aromatic N) is 3. The highest BCUT2D eigenvalue weighted by Gasteiger charge is 2.25. The van der Waals surface area contributed by atoms with Gasteiger partial charge < -0.3 is 4.40 Å². The normalized spacial score (nSPS) is 19.0. The Morgan fingerprint density at radius 2 is 2.09 bits per heavy atom. The first-order valence-electron chi connectivity index (χ1n) is 7.83. The van der Waals surface area contributed by atoms with E-state index in [0.29, 0.717) is 5.69 Å². The molecule has 0 fully saturated rings. The molecule has 2 aromatic heterocycles. The minimum absolute atomic E-state index is 0.182. The Balaban J connectivity index is 1.83. The van der Waals surface area contributed by atoms with Crippen LogP contribution in [-0.4, -0.2) is 21.0 Å². The molecule has 120 valence electrons. The lowest BCUT2D eigenvalue weighted by Gasteiger charge is -2.29. The van der Waals surface area contributed by atoms with Crippen LogP contribution in [0.3, 0.4) is 0 Å². The van der Waals surface area contributed by atoms with E-state index in [9.17, 15) is 4.79 Å². The summed E-state index contributed by atoms with van der Waals surface area (Å²) in [6, 6.07) is 5.70. The minimum atomic E-state index is -0.270. The molecule has 1 amide bonds. The van der Waals surface area contributed by atoms with Crippen molar-refractivity contribution in [2.75, 3.05) is 0 Å². The average Bonchev–Trinajstić information content (AvgIpc) is 2.80. The van der Waals surface area contributed by atoms with Gasteiger partial charge in [0.1, 0.15) is 5.65 Å². The third-order valence-electron chi connectivity index (χ3n) is 4.11. The summed E-state index contributed by atoms with van der Waals surface area (Å²) in [5, 5.41) is 4.31. The van der Waals surface area contributed by atoms with Crippen LogP contribution in [0.4, 0.5) is 0 Å². The predicted octanol–water partition coefficient (Wildman–Crippen LogP) is 3.49. The number of hydrazone groups is 1. The molecule has 1 N–H and O–H groups in total. The van der Waals surface area contributed by atoms with E-state index < -0.39 is 0 Å². The van der Waals surface area contributed by atoms with Crippen LogP contribution in [0.1, 0.15) is 49.8 Å². The zero-order valence-corrected chi connectivity index (χ0v) is 14.1. The molecule has 0 aromatic carbocycles. The van der Waals surface area contributed by atoms with E-state index in [2.05, 4.69) is 42.4 Å². The number of amides is 1. The topological polar surface area (TPSA) is 58.8 Å². The molecule has 0 bridgehead atoms. The summed E-state index contributed by atoms with van der Waals surface area (Å²) >= 11 is 0. The number of hydrogen-bond acceptors (Lipinski definition) is 3. The Labute approximate surface area is 136 Å². The van der Waals surface area contributed by atoms with Crippen LogP contribution < -0.4 is 5.43 Å². The highest BCUT2D eigenvalue weighted by atomic mass is 16.2. The smallest absolute Gasteiger partial charge is 0.291 e. The van der Waals surface area contributed by atoms with Crippen molar-refractivity contribution in [2.45, 2.75) is 40.5 Å². The fraction of sp³-hybridized carbons (Fsp3) is 0.389. The van der Waals surface area contributed by atoms with Gasteiger partial charge in [0.25, 0.3) is 5.91 Å². The molecule has 0 saturated heterocycles. The predicted molar refractivity (Wildman–Crippen MR) is 91.6 cm³/mol. The number of aromatic nitrogens is 2. The number of fused-ring (bicyclic) bond motifs is 1. The van der Waals surface area contributed by atoms with Crippen molar-refractivity contribution >= 4 is 17.3 Å². The molecule has 0 aliphatic heterocycles. The van der Waals surface area contributed by atoms with Crippen LogP contribution >= 0.6 is 0 Å². The number of nitrogens with one attached hydrogen (secondary N) is 1. The van der Waals surface area contributed by atoms with Crippen molar-refractivity contribution in [3.63, 3.8) is 0 Å². The van der Waals surface area contributed by atoms with Gasteiger partial charge in [-0.25, -0.2) is 10.4 Å². The number of imidazole rings is 1. The van der Waals surface area contributed by atoms with Gasteiger partial charge in [-0.3, -0.25) is 4.79 Å². The van der Waals surface area contributed by atoms with E-state index >= 15 is 0 Å². The molecular formula is C18H22N4O. The molecule has 5 heteroatoms. The number of carbonyl (C=O) groups is 1. The maximum atomic E-state index is 12.4. The first kappa shape index (κ1) is 15.5. The Hall–Kier alpha value is -2.43. The van der Waals surface area contributed by atoms with Crippen molar-refractivity contribution in [1.29, 1.82) is 0 Å². The number of rotatable bonds is 2. The van der Waals surface area contributed by atoms with Gasteiger partial charge in [-0.15, -0.1) is 0 Å². The summed E-state index contributed by atoms with van der Waals surface area (Å²) in [6.45, 7) is 8.42. The van der Waals surface area contributed by atoms with Gasteiger partial charge >= 0.3 is 0 Å².